The van der Waals surface area contributed by atoms with Crippen LogP contribution in [0.1, 0.15) is 25.0 Å². The largest absolute Gasteiger partial charge is 0.326 e. The molecule has 0 spiro atoms. The van der Waals surface area contributed by atoms with Crippen molar-refractivity contribution in [2.75, 3.05) is 22.1 Å². The lowest BCUT2D eigenvalue weighted by Crippen LogP contribution is -2.36. The number of hydrogen-bond acceptors (Lipinski definition) is 3. The first-order valence-electron chi connectivity index (χ1n) is 8.29. The van der Waals surface area contributed by atoms with E-state index in [0.717, 1.165) is 11.1 Å². The topological polar surface area (TPSA) is 78.5 Å². The molecule has 6 nitrogen and oxygen atoms in total. The van der Waals surface area contributed by atoms with Gasteiger partial charge in [0.15, 0.2) is 0 Å². The average Bonchev–Trinajstić information content (AvgIpc) is 2.56. The zero-order chi connectivity index (χ0) is 19.3. The summed E-state index contributed by atoms with van der Waals surface area (Å²) in [5.41, 5.74) is 4.11. The van der Waals surface area contributed by atoms with Gasteiger partial charge in [0.2, 0.25) is 17.7 Å². The van der Waals surface area contributed by atoms with Crippen LogP contribution in [-0.2, 0) is 14.4 Å². The van der Waals surface area contributed by atoms with Gasteiger partial charge in [0.05, 0.1) is 0 Å². The van der Waals surface area contributed by atoms with Gasteiger partial charge in [-0.05, 0) is 61.4 Å². The molecule has 3 amide bonds. The van der Waals surface area contributed by atoms with E-state index in [0.29, 0.717) is 17.1 Å². The molecule has 0 bridgehead atoms. The second-order valence-corrected chi connectivity index (χ2v) is 6.18. The maximum Gasteiger partial charge on any atom is 0.244 e. The molecule has 0 saturated heterocycles. The molecule has 136 valence electrons. The van der Waals surface area contributed by atoms with Crippen molar-refractivity contribution in [3.63, 3.8) is 0 Å². The summed E-state index contributed by atoms with van der Waals surface area (Å²) in [7, 11) is 0. The number of anilines is 3. The van der Waals surface area contributed by atoms with E-state index in [4.69, 9.17) is 0 Å². The Morgan fingerprint density at radius 2 is 1.42 bits per heavy atom. The molecule has 0 unspecified atom stereocenters. The first-order valence-corrected chi connectivity index (χ1v) is 8.29. The molecule has 0 atom stereocenters. The second kappa shape index (κ2) is 8.29. The third kappa shape index (κ3) is 5.17. The highest BCUT2D eigenvalue weighted by molar-refractivity contribution is 6.02. The molecule has 2 rings (SSSR count). The standard InChI is InChI=1S/C20H23N3O3/c1-13-5-10-19(11-14(13)2)23(16(4)25)12-20(26)22-18-8-6-17(7-9-18)21-15(3)24/h5-11H,12H2,1-4H3,(H,21,24)(H,22,26). The van der Waals surface area contributed by atoms with Gasteiger partial charge in [-0.1, -0.05) is 6.07 Å². The maximum absolute atomic E-state index is 12.3. The smallest absolute Gasteiger partial charge is 0.244 e. The van der Waals surface area contributed by atoms with Crippen molar-refractivity contribution in [2.24, 2.45) is 0 Å². The van der Waals surface area contributed by atoms with Gasteiger partial charge >= 0.3 is 0 Å². The molecule has 2 aromatic carbocycles. The van der Waals surface area contributed by atoms with Crippen molar-refractivity contribution in [3.05, 3.63) is 53.6 Å². The molecule has 0 radical (unpaired) electrons. The Hall–Kier alpha value is -3.15. The highest BCUT2D eigenvalue weighted by Gasteiger charge is 2.16. The minimum Gasteiger partial charge on any atom is -0.326 e. The number of benzene rings is 2. The maximum atomic E-state index is 12.3. The number of carbonyl (C=O) groups excluding carboxylic acids is 3. The third-order valence-electron chi connectivity index (χ3n) is 3.97. The van der Waals surface area contributed by atoms with Gasteiger partial charge in [-0.2, -0.15) is 0 Å². The Bertz CT molecular complexity index is 829. The van der Waals surface area contributed by atoms with Gasteiger partial charge < -0.3 is 15.5 Å². The zero-order valence-electron chi connectivity index (χ0n) is 15.4. The van der Waals surface area contributed by atoms with Crippen LogP contribution in [0.4, 0.5) is 17.1 Å². The molecule has 0 aliphatic carbocycles. The fourth-order valence-electron chi connectivity index (χ4n) is 2.46. The van der Waals surface area contributed by atoms with Crippen molar-refractivity contribution in [3.8, 4) is 0 Å². The van der Waals surface area contributed by atoms with Crippen LogP contribution in [0.2, 0.25) is 0 Å². The molecule has 2 aromatic rings. The van der Waals surface area contributed by atoms with Crippen LogP contribution in [0.3, 0.4) is 0 Å². The summed E-state index contributed by atoms with van der Waals surface area (Å²) >= 11 is 0. The van der Waals surface area contributed by atoms with E-state index in [9.17, 15) is 14.4 Å². The molecule has 0 aliphatic heterocycles. The number of amides is 3. The minimum absolute atomic E-state index is 0.0781. The van der Waals surface area contributed by atoms with Crippen molar-refractivity contribution in [1.82, 2.24) is 0 Å². The fraction of sp³-hybridized carbons (Fsp3) is 0.250. The molecule has 0 fully saturated rings. The summed E-state index contributed by atoms with van der Waals surface area (Å²) in [6.07, 6.45) is 0. The Morgan fingerprint density at radius 1 is 0.846 bits per heavy atom. The lowest BCUT2D eigenvalue weighted by molar-refractivity contribution is -0.120. The Balaban J connectivity index is 2.06. The highest BCUT2D eigenvalue weighted by Crippen LogP contribution is 2.19. The van der Waals surface area contributed by atoms with Crippen LogP contribution in [0.15, 0.2) is 42.5 Å². The first-order chi connectivity index (χ1) is 12.3. The number of nitrogens with one attached hydrogen (secondary N) is 2. The second-order valence-electron chi connectivity index (χ2n) is 6.18. The van der Waals surface area contributed by atoms with Gasteiger partial charge in [-0.25, -0.2) is 0 Å². The zero-order valence-corrected chi connectivity index (χ0v) is 15.4. The monoisotopic (exact) mass is 353 g/mol. The normalized spacial score (nSPS) is 10.2. The van der Waals surface area contributed by atoms with Gasteiger partial charge in [0.25, 0.3) is 0 Å². The number of rotatable bonds is 5. The number of hydrogen-bond donors (Lipinski definition) is 2. The van der Waals surface area contributed by atoms with Crippen LogP contribution >= 0.6 is 0 Å². The Morgan fingerprint density at radius 3 is 1.92 bits per heavy atom. The van der Waals surface area contributed by atoms with Crippen molar-refractivity contribution >= 4 is 34.8 Å². The van der Waals surface area contributed by atoms with Crippen LogP contribution in [-0.4, -0.2) is 24.3 Å². The Labute approximate surface area is 153 Å². The molecule has 26 heavy (non-hydrogen) atoms. The van der Waals surface area contributed by atoms with Crippen LogP contribution in [0.25, 0.3) is 0 Å². The van der Waals surface area contributed by atoms with E-state index < -0.39 is 0 Å². The van der Waals surface area contributed by atoms with E-state index in [1.54, 1.807) is 24.3 Å². The van der Waals surface area contributed by atoms with Gasteiger partial charge in [0, 0.05) is 30.9 Å². The lowest BCUT2D eigenvalue weighted by Gasteiger charge is -2.21. The fourth-order valence-corrected chi connectivity index (χ4v) is 2.46. The van der Waals surface area contributed by atoms with Crippen LogP contribution in [0.5, 0.6) is 0 Å². The van der Waals surface area contributed by atoms with E-state index in [-0.39, 0.29) is 24.3 Å². The quantitative estimate of drug-likeness (QED) is 0.866. The summed E-state index contributed by atoms with van der Waals surface area (Å²) in [6, 6.07) is 12.4. The lowest BCUT2D eigenvalue weighted by atomic mass is 10.1. The SMILES string of the molecule is CC(=O)Nc1ccc(NC(=O)CN(C(C)=O)c2ccc(C)c(C)c2)cc1. The van der Waals surface area contributed by atoms with Gasteiger partial charge in [-0.3, -0.25) is 14.4 Å². The predicted molar refractivity (Wildman–Crippen MR) is 103 cm³/mol. The summed E-state index contributed by atoms with van der Waals surface area (Å²) in [4.78, 5) is 36.8. The van der Waals surface area contributed by atoms with Crippen LogP contribution in [0, 0.1) is 13.8 Å². The summed E-state index contributed by atoms with van der Waals surface area (Å²) < 4.78 is 0. The molecule has 0 saturated carbocycles. The Kier molecular flexibility index (Phi) is 6.11. The third-order valence-corrected chi connectivity index (χ3v) is 3.97. The average molecular weight is 353 g/mol. The minimum atomic E-state index is -0.300. The van der Waals surface area contributed by atoms with Gasteiger partial charge in [-0.15, -0.1) is 0 Å². The van der Waals surface area contributed by atoms with E-state index in [2.05, 4.69) is 10.6 Å². The highest BCUT2D eigenvalue weighted by atomic mass is 16.2. The van der Waals surface area contributed by atoms with E-state index in [1.807, 2.05) is 32.0 Å². The molecule has 0 aromatic heterocycles. The van der Waals surface area contributed by atoms with Crippen molar-refractivity contribution in [1.29, 1.82) is 0 Å². The summed E-state index contributed by atoms with van der Waals surface area (Å²) in [5, 5.41) is 5.42. The van der Waals surface area contributed by atoms with E-state index >= 15 is 0 Å². The first kappa shape index (κ1) is 19.2. The number of aryl methyl sites for hydroxylation is 2. The summed E-state index contributed by atoms with van der Waals surface area (Å²) in [6.45, 7) is 6.75. The molecule has 0 aliphatic rings. The molecular formula is C20H23N3O3. The van der Waals surface area contributed by atoms with Crippen molar-refractivity contribution in [2.45, 2.75) is 27.7 Å². The van der Waals surface area contributed by atoms with Crippen molar-refractivity contribution < 1.29 is 14.4 Å². The van der Waals surface area contributed by atoms with Crippen LogP contribution < -0.4 is 15.5 Å². The number of nitrogens with zero attached hydrogens (tertiary/aromatic N) is 1. The number of carbonyl (C=O) groups is 3. The predicted octanol–water partition coefficient (Wildman–Crippen LogP) is 3.25. The van der Waals surface area contributed by atoms with E-state index in [1.165, 1.54) is 18.7 Å². The molecule has 0 heterocycles. The molecule has 6 heteroatoms. The van der Waals surface area contributed by atoms with Gasteiger partial charge in [0.1, 0.15) is 6.54 Å². The molecule has 2 N–H and O–H groups in total. The molecular weight excluding hydrogens is 330 g/mol. The summed E-state index contributed by atoms with van der Waals surface area (Å²) in [5.74, 6) is -0.664.